The summed E-state index contributed by atoms with van der Waals surface area (Å²) in [5.41, 5.74) is 1.69. The number of carboxylic acid groups (broad SMARTS) is 1. The van der Waals surface area contributed by atoms with E-state index in [4.69, 9.17) is 32.7 Å². The Hall–Kier alpha value is -1.75. The molecule has 0 amide bonds. The number of hydrogen-bond donors (Lipinski definition) is 1. The third-order valence-corrected chi connectivity index (χ3v) is 6.74. The zero-order valence-corrected chi connectivity index (χ0v) is 17.4. The molecule has 2 heterocycles. The van der Waals surface area contributed by atoms with E-state index in [9.17, 15) is 9.90 Å². The molecule has 0 saturated carbocycles. The van der Waals surface area contributed by atoms with Crippen molar-refractivity contribution in [3.63, 3.8) is 0 Å². The summed E-state index contributed by atoms with van der Waals surface area (Å²) >= 11 is 12.3. The Kier molecular flexibility index (Phi) is 4.85. The molecule has 0 radical (unpaired) electrons. The van der Waals surface area contributed by atoms with Crippen LogP contribution in [0, 0.1) is 5.92 Å². The number of aromatic carboxylic acids is 1. The van der Waals surface area contributed by atoms with Gasteiger partial charge in [-0.3, -0.25) is 0 Å². The molecule has 1 saturated heterocycles. The van der Waals surface area contributed by atoms with E-state index < -0.39 is 11.6 Å². The van der Waals surface area contributed by atoms with Gasteiger partial charge in [0.2, 0.25) is 0 Å². The molecule has 4 atom stereocenters. The van der Waals surface area contributed by atoms with Crippen molar-refractivity contribution < 1.29 is 19.4 Å². The number of benzene rings is 2. The zero-order chi connectivity index (χ0) is 20.2. The Morgan fingerprint density at radius 2 is 1.89 bits per heavy atom. The zero-order valence-electron chi connectivity index (χ0n) is 15.9. The summed E-state index contributed by atoms with van der Waals surface area (Å²) in [5, 5.41) is 10.4. The minimum atomic E-state index is -0.957. The van der Waals surface area contributed by atoms with Crippen molar-refractivity contribution in [3.8, 4) is 5.75 Å². The van der Waals surface area contributed by atoms with Gasteiger partial charge in [-0.25, -0.2) is 4.79 Å². The molecule has 0 aliphatic carbocycles. The molecule has 2 aromatic carbocycles. The van der Waals surface area contributed by atoms with Crippen LogP contribution in [0.3, 0.4) is 0 Å². The first-order chi connectivity index (χ1) is 13.2. The van der Waals surface area contributed by atoms with Crippen LogP contribution in [0.1, 0.15) is 60.7 Å². The van der Waals surface area contributed by atoms with Gasteiger partial charge in [0.25, 0.3) is 0 Å². The van der Waals surface area contributed by atoms with Crippen molar-refractivity contribution in [1.82, 2.24) is 0 Å². The molecule has 1 N–H and O–H groups in total. The van der Waals surface area contributed by atoms with Crippen molar-refractivity contribution in [3.05, 3.63) is 63.1 Å². The molecular formula is C22H22Cl2O4. The highest BCUT2D eigenvalue weighted by atomic mass is 35.5. The van der Waals surface area contributed by atoms with Crippen LogP contribution in [0.2, 0.25) is 10.0 Å². The van der Waals surface area contributed by atoms with Crippen LogP contribution in [0.5, 0.6) is 5.75 Å². The summed E-state index contributed by atoms with van der Waals surface area (Å²) in [6.07, 6.45) is 0.564. The smallest absolute Gasteiger partial charge is 0.335 e. The molecule has 1 fully saturated rings. The quantitative estimate of drug-likeness (QED) is 0.636. The van der Waals surface area contributed by atoms with Gasteiger partial charge in [0.1, 0.15) is 11.4 Å². The summed E-state index contributed by atoms with van der Waals surface area (Å²) in [7, 11) is 0. The number of ether oxygens (including phenoxy) is 2. The molecule has 4 rings (SSSR count). The van der Waals surface area contributed by atoms with Gasteiger partial charge in [-0.2, -0.15) is 0 Å². The third kappa shape index (κ3) is 3.28. The molecule has 0 bridgehead atoms. The highest BCUT2D eigenvalue weighted by molar-refractivity contribution is 6.42. The van der Waals surface area contributed by atoms with Crippen molar-refractivity contribution >= 4 is 29.2 Å². The molecule has 2 aromatic rings. The summed E-state index contributed by atoms with van der Waals surface area (Å²) in [6.45, 7) is 6.17. The lowest BCUT2D eigenvalue weighted by atomic mass is 9.70. The minimum Gasteiger partial charge on any atom is -0.487 e. The maximum atomic E-state index is 11.4. The Morgan fingerprint density at radius 3 is 2.57 bits per heavy atom. The highest BCUT2D eigenvalue weighted by Crippen LogP contribution is 2.54. The normalized spacial score (nSPS) is 28.0. The predicted octanol–water partition coefficient (Wildman–Crippen LogP) is 6.11. The van der Waals surface area contributed by atoms with E-state index in [2.05, 4.69) is 13.8 Å². The first-order valence-corrected chi connectivity index (χ1v) is 10.1. The van der Waals surface area contributed by atoms with E-state index in [1.54, 1.807) is 18.2 Å². The fourth-order valence-corrected chi connectivity index (χ4v) is 4.76. The molecule has 28 heavy (non-hydrogen) atoms. The largest absolute Gasteiger partial charge is 0.487 e. The van der Waals surface area contributed by atoms with Crippen molar-refractivity contribution in [2.24, 2.45) is 5.92 Å². The second-order valence-electron chi connectivity index (χ2n) is 8.15. The topological polar surface area (TPSA) is 55.8 Å². The highest BCUT2D eigenvalue weighted by Gasteiger charge is 2.50. The van der Waals surface area contributed by atoms with Crippen LogP contribution in [0.15, 0.2) is 36.4 Å². The molecule has 6 heteroatoms. The monoisotopic (exact) mass is 420 g/mol. The number of hydrogen-bond acceptors (Lipinski definition) is 3. The van der Waals surface area contributed by atoms with Crippen molar-refractivity contribution in [1.29, 1.82) is 0 Å². The fraction of sp³-hybridized carbons (Fsp3) is 0.409. The second kappa shape index (κ2) is 6.94. The van der Waals surface area contributed by atoms with Crippen LogP contribution in [0.25, 0.3) is 0 Å². The van der Waals surface area contributed by atoms with Crippen LogP contribution in [-0.4, -0.2) is 22.8 Å². The number of rotatable bonds is 2. The number of fused-ring (bicyclic) bond motifs is 3. The fourth-order valence-electron chi connectivity index (χ4n) is 4.45. The summed E-state index contributed by atoms with van der Waals surface area (Å²) < 4.78 is 12.7. The van der Waals surface area contributed by atoms with Gasteiger partial charge in [0.05, 0.1) is 27.8 Å². The van der Waals surface area contributed by atoms with E-state index in [1.165, 1.54) is 0 Å². The maximum absolute atomic E-state index is 11.4. The number of carbonyl (C=O) groups is 1. The Balaban J connectivity index is 1.72. The Bertz CT molecular complexity index is 940. The Morgan fingerprint density at radius 1 is 1.14 bits per heavy atom. The van der Waals surface area contributed by atoms with Gasteiger partial charge < -0.3 is 14.6 Å². The van der Waals surface area contributed by atoms with Gasteiger partial charge in [-0.1, -0.05) is 29.3 Å². The predicted molar refractivity (Wildman–Crippen MR) is 109 cm³/mol. The summed E-state index contributed by atoms with van der Waals surface area (Å²) in [6, 6.07) is 10.7. The van der Waals surface area contributed by atoms with Crippen LogP contribution in [0.4, 0.5) is 0 Å². The molecule has 4 nitrogen and oxygen atoms in total. The average Bonchev–Trinajstić information content (AvgIpc) is 2.63. The van der Waals surface area contributed by atoms with Gasteiger partial charge in [-0.15, -0.1) is 0 Å². The minimum absolute atomic E-state index is 0.0614. The van der Waals surface area contributed by atoms with E-state index in [1.807, 2.05) is 25.1 Å². The lowest BCUT2D eigenvalue weighted by molar-refractivity contribution is -0.153. The molecule has 0 spiro atoms. The van der Waals surface area contributed by atoms with Crippen LogP contribution >= 0.6 is 23.2 Å². The summed E-state index contributed by atoms with van der Waals surface area (Å²) in [4.78, 5) is 11.4. The van der Waals surface area contributed by atoms with E-state index >= 15 is 0 Å². The molecule has 0 unspecified atom stereocenters. The SMILES string of the molecule is C[C@@H]1O[C@@H]2c3cc(C(=O)O)ccc3OC(C)(C)[C@H]2C[C@@H]1c1ccc(Cl)c(Cl)c1. The van der Waals surface area contributed by atoms with Gasteiger partial charge in [-0.05, 0) is 63.1 Å². The van der Waals surface area contributed by atoms with Gasteiger partial charge >= 0.3 is 5.97 Å². The second-order valence-corrected chi connectivity index (χ2v) is 8.96. The van der Waals surface area contributed by atoms with E-state index in [0.717, 1.165) is 17.5 Å². The van der Waals surface area contributed by atoms with E-state index in [-0.39, 0.29) is 29.6 Å². The molecule has 0 aromatic heterocycles. The first kappa shape index (κ1) is 19.6. The summed E-state index contributed by atoms with van der Waals surface area (Å²) in [5.74, 6) is -0.0547. The van der Waals surface area contributed by atoms with E-state index in [0.29, 0.717) is 15.8 Å². The third-order valence-electron chi connectivity index (χ3n) is 6.00. The van der Waals surface area contributed by atoms with Crippen molar-refractivity contribution in [2.45, 2.75) is 50.9 Å². The van der Waals surface area contributed by atoms with Crippen molar-refractivity contribution in [2.75, 3.05) is 0 Å². The molecule has 148 valence electrons. The van der Waals surface area contributed by atoms with Crippen LogP contribution in [-0.2, 0) is 4.74 Å². The number of halogens is 2. The van der Waals surface area contributed by atoms with Gasteiger partial charge in [0.15, 0.2) is 0 Å². The Labute approximate surface area is 174 Å². The number of carboxylic acids is 1. The molecule has 2 aliphatic rings. The average molecular weight is 421 g/mol. The lowest BCUT2D eigenvalue weighted by Crippen LogP contribution is -2.50. The molecule has 2 aliphatic heterocycles. The maximum Gasteiger partial charge on any atom is 0.335 e. The molecular weight excluding hydrogens is 399 g/mol. The standard InChI is InChI=1S/C22H22Cl2O4/c1-11-14(12-4-6-17(23)18(24)9-12)10-16-20(27-11)15-8-13(21(25)26)5-7-19(15)28-22(16,2)3/h4-9,11,14,16,20H,10H2,1-3H3,(H,25,26)/t11-,14-,16-,20+/m0/s1. The van der Waals surface area contributed by atoms with Gasteiger partial charge in [0, 0.05) is 17.4 Å². The lowest BCUT2D eigenvalue weighted by Gasteiger charge is -2.50. The first-order valence-electron chi connectivity index (χ1n) is 9.34. The van der Waals surface area contributed by atoms with Crippen LogP contribution < -0.4 is 4.74 Å².